The van der Waals surface area contributed by atoms with Crippen molar-refractivity contribution >= 4 is 23.7 Å². The summed E-state index contributed by atoms with van der Waals surface area (Å²) in [6.07, 6.45) is 0. The molecule has 0 spiro atoms. The third-order valence-electron chi connectivity index (χ3n) is 2.46. The number of hydrogen-bond acceptors (Lipinski definition) is 7. The first-order valence-corrected chi connectivity index (χ1v) is 6.44. The first kappa shape index (κ1) is 18.1. The average molecular weight is 288 g/mol. The molecule has 0 aliphatic rings. The number of hydrogen-bond donors (Lipinski definition) is 0. The molecule has 7 nitrogen and oxygen atoms in total. The second-order valence-corrected chi connectivity index (χ2v) is 3.86. The third kappa shape index (κ3) is 4.99. The Balaban J connectivity index is 5.17. The fourth-order valence-electron chi connectivity index (χ4n) is 1.51. The lowest BCUT2D eigenvalue weighted by atomic mass is 9.90. The van der Waals surface area contributed by atoms with Gasteiger partial charge in [-0.05, 0) is 20.8 Å². The average Bonchev–Trinajstić information content (AvgIpc) is 2.39. The maximum Gasteiger partial charge on any atom is 0.375 e. The fourth-order valence-corrected chi connectivity index (χ4v) is 1.51. The molecule has 0 fully saturated rings. The molecule has 0 rings (SSSR count). The van der Waals surface area contributed by atoms with Crippen molar-refractivity contribution < 1.29 is 33.4 Å². The van der Waals surface area contributed by atoms with E-state index >= 15 is 0 Å². The van der Waals surface area contributed by atoms with Crippen molar-refractivity contribution in [2.45, 2.75) is 27.7 Å². The molecule has 0 aromatic rings. The maximum absolute atomic E-state index is 11.9. The van der Waals surface area contributed by atoms with E-state index in [1.54, 1.807) is 13.8 Å². The summed E-state index contributed by atoms with van der Waals surface area (Å²) in [7, 11) is 0. The molecule has 0 heterocycles. The van der Waals surface area contributed by atoms with E-state index in [0.717, 1.165) is 0 Å². The van der Waals surface area contributed by atoms with Crippen LogP contribution in [-0.4, -0.2) is 43.5 Å². The molecule has 0 aromatic carbocycles. The van der Waals surface area contributed by atoms with Crippen LogP contribution in [0.25, 0.3) is 0 Å². The van der Waals surface area contributed by atoms with Crippen LogP contribution in [-0.2, 0) is 33.4 Å². The Morgan fingerprint density at radius 1 is 0.800 bits per heavy atom. The maximum atomic E-state index is 11.9. The van der Waals surface area contributed by atoms with Gasteiger partial charge in [-0.25, -0.2) is 4.79 Å². The van der Waals surface area contributed by atoms with Crippen molar-refractivity contribution in [2.75, 3.05) is 19.8 Å². The van der Waals surface area contributed by atoms with Gasteiger partial charge in [-0.15, -0.1) is 0 Å². The largest absolute Gasteiger partial charge is 0.466 e. The van der Waals surface area contributed by atoms with Crippen molar-refractivity contribution in [1.82, 2.24) is 0 Å². The SMILES string of the molecule is CCOC(=O)C(=O)[C@@H](C(=O)OCC)[C@@H](C)C(=O)OCC. The van der Waals surface area contributed by atoms with Gasteiger partial charge in [0.15, 0.2) is 0 Å². The molecule has 0 saturated carbocycles. The molecule has 0 aromatic heterocycles. The van der Waals surface area contributed by atoms with E-state index in [4.69, 9.17) is 9.47 Å². The van der Waals surface area contributed by atoms with Crippen LogP contribution in [0.5, 0.6) is 0 Å². The number of rotatable bonds is 8. The number of ketones is 1. The summed E-state index contributed by atoms with van der Waals surface area (Å²) in [5.41, 5.74) is 0. The molecule has 0 N–H and O–H groups in total. The van der Waals surface area contributed by atoms with Crippen LogP contribution in [0.15, 0.2) is 0 Å². The molecular weight excluding hydrogens is 268 g/mol. The van der Waals surface area contributed by atoms with Gasteiger partial charge in [0.1, 0.15) is 5.92 Å². The van der Waals surface area contributed by atoms with E-state index in [0.29, 0.717) is 0 Å². The van der Waals surface area contributed by atoms with Gasteiger partial charge < -0.3 is 14.2 Å². The molecule has 20 heavy (non-hydrogen) atoms. The van der Waals surface area contributed by atoms with Gasteiger partial charge in [0, 0.05) is 0 Å². The summed E-state index contributed by atoms with van der Waals surface area (Å²) in [6.45, 7) is 6.13. The summed E-state index contributed by atoms with van der Waals surface area (Å²) in [5.74, 6) is -6.62. The molecule has 2 atom stereocenters. The monoisotopic (exact) mass is 288 g/mol. The Labute approximate surface area is 117 Å². The second kappa shape index (κ2) is 9.06. The van der Waals surface area contributed by atoms with Gasteiger partial charge >= 0.3 is 17.9 Å². The van der Waals surface area contributed by atoms with Crippen LogP contribution >= 0.6 is 0 Å². The zero-order chi connectivity index (χ0) is 15.7. The zero-order valence-electron chi connectivity index (χ0n) is 12.1. The number of carbonyl (C=O) groups excluding carboxylic acids is 4. The van der Waals surface area contributed by atoms with Crippen molar-refractivity contribution in [3.05, 3.63) is 0 Å². The zero-order valence-corrected chi connectivity index (χ0v) is 12.1. The van der Waals surface area contributed by atoms with Gasteiger partial charge in [-0.2, -0.15) is 0 Å². The van der Waals surface area contributed by atoms with Crippen LogP contribution in [0.4, 0.5) is 0 Å². The van der Waals surface area contributed by atoms with E-state index in [-0.39, 0.29) is 19.8 Å². The number of esters is 3. The Morgan fingerprint density at radius 2 is 1.25 bits per heavy atom. The summed E-state index contributed by atoms with van der Waals surface area (Å²) >= 11 is 0. The van der Waals surface area contributed by atoms with Gasteiger partial charge in [-0.3, -0.25) is 14.4 Å². The highest BCUT2D eigenvalue weighted by Gasteiger charge is 2.42. The van der Waals surface area contributed by atoms with Crippen LogP contribution in [0, 0.1) is 11.8 Å². The minimum Gasteiger partial charge on any atom is -0.466 e. The predicted molar refractivity (Wildman–Crippen MR) is 67.6 cm³/mol. The molecule has 0 amide bonds. The number of Topliss-reactive ketones (excluding diaryl/α,β-unsaturated/α-hetero) is 1. The van der Waals surface area contributed by atoms with Gasteiger partial charge in [-0.1, -0.05) is 6.92 Å². The smallest absolute Gasteiger partial charge is 0.375 e. The molecule has 0 radical (unpaired) electrons. The first-order chi connectivity index (χ1) is 9.40. The minimum atomic E-state index is -1.55. The normalized spacial score (nSPS) is 13.0. The molecule has 0 bridgehead atoms. The summed E-state index contributed by atoms with van der Waals surface area (Å²) < 4.78 is 14.0. The Kier molecular flexibility index (Phi) is 8.19. The summed E-state index contributed by atoms with van der Waals surface area (Å²) in [4.78, 5) is 46.8. The molecule has 0 aliphatic heterocycles. The number of carbonyl (C=O) groups is 4. The lowest BCUT2D eigenvalue weighted by Gasteiger charge is -2.19. The van der Waals surface area contributed by atoms with Gasteiger partial charge in [0.05, 0.1) is 25.7 Å². The Bertz CT molecular complexity index is 375. The van der Waals surface area contributed by atoms with E-state index in [9.17, 15) is 19.2 Å². The van der Waals surface area contributed by atoms with E-state index in [1.165, 1.54) is 13.8 Å². The van der Waals surface area contributed by atoms with Crippen LogP contribution < -0.4 is 0 Å². The van der Waals surface area contributed by atoms with Gasteiger partial charge in [0.2, 0.25) is 0 Å². The predicted octanol–water partition coefficient (Wildman–Crippen LogP) is 0.497. The minimum absolute atomic E-state index is 0.00605. The molecule has 7 heteroatoms. The number of ether oxygens (including phenoxy) is 3. The molecule has 0 unspecified atom stereocenters. The van der Waals surface area contributed by atoms with E-state index in [1.807, 2.05) is 0 Å². The molecular formula is C13H20O7. The highest BCUT2D eigenvalue weighted by molar-refractivity contribution is 6.38. The Hall–Kier alpha value is -1.92. The summed E-state index contributed by atoms with van der Waals surface area (Å²) in [5, 5.41) is 0. The van der Waals surface area contributed by atoms with Gasteiger partial charge in [0.25, 0.3) is 5.78 Å². The lowest BCUT2D eigenvalue weighted by molar-refractivity contribution is -0.168. The molecule has 114 valence electrons. The van der Waals surface area contributed by atoms with Crippen LogP contribution in [0.1, 0.15) is 27.7 Å². The highest BCUT2D eigenvalue weighted by Crippen LogP contribution is 2.18. The summed E-state index contributed by atoms with van der Waals surface area (Å²) in [6, 6.07) is 0. The van der Waals surface area contributed by atoms with E-state index in [2.05, 4.69) is 4.74 Å². The highest BCUT2D eigenvalue weighted by atomic mass is 16.5. The quantitative estimate of drug-likeness (QED) is 0.277. The first-order valence-electron chi connectivity index (χ1n) is 6.44. The standard InChI is InChI=1S/C13H20O7/c1-5-18-11(15)8(4)9(12(16)19-6-2)10(14)13(17)20-7-3/h8-9H,5-7H2,1-4H3/t8-,9+/m1/s1. The lowest BCUT2D eigenvalue weighted by Crippen LogP contribution is -2.40. The third-order valence-corrected chi connectivity index (χ3v) is 2.46. The van der Waals surface area contributed by atoms with Crippen LogP contribution in [0.2, 0.25) is 0 Å². The van der Waals surface area contributed by atoms with E-state index < -0.39 is 35.5 Å². The molecule has 0 saturated heterocycles. The topological polar surface area (TPSA) is 96.0 Å². The second-order valence-electron chi connectivity index (χ2n) is 3.86. The van der Waals surface area contributed by atoms with Crippen molar-refractivity contribution in [3.8, 4) is 0 Å². The molecule has 0 aliphatic carbocycles. The van der Waals surface area contributed by atoms with Crippen molar-refractivity contribution in [1.29, 1.82) is 0 Å². The van der Waals surface area contributed by atoms with Crippen LogP contribution in [0.3, 0.4) is 0 Å². The Morgan fingerprint density at radius 3 is 1.70 bits per heavy atom. The fraction of sp³-hybridized carbons (Fsp3) is 0.692. The van der Waals surface area contributed by atoms with Crippen molar-refractivity contribution in [3.63, 3.8) is 0 Å². The van der Waals surface area contributed by atoms with Crippen molar-refractivity contribution in [2.24, 2.45) is 11.8 Å².